The van der Waals surface area contributed by atoms with Gasteiger partial charge in [-0.3, -0.25) is 4.79 Å². The summed E-state index contributed by atoms with van der Waals surface area (Å²) in [5.41, 5.74) is -0.563. The Hall–Kier alpha value is -2.67. The van der Waals surface area contributed by atoms with Crippen molar-refractivity contribution in [1.82, 2.24) is 5.32 Å². The highest BCUT2D eigenvalue weighted by Gasteiger charge is 2.14. The Morgan fingerprint density at radius 2 is 2.04 bits per heavy atom. The second-order valence-electron chi connectivity index (χ2n) is 5.16. The van der Waals surface area contributed by atoms with Crippen molar-refractivity contribution in [3.63, 3.8) is 0 Å². The van der Waals surface area contributed by atoms with E-state index in [-0.39, 0.29) is 23.5 Å². The van der Waals surface area contributed by atoms with Gasteiger partial charge in [0.25, 0.3) is 5.91 Å². The lowest BCUT2D eigenvalue weighted by atomic mass is 10.1. The van der Waals surface area contributed by atoms with Crippen molar-refractivity contribution in [1.29, 1.82) is 0 Å². The van der Waals surface area contributed by atoms with E-state index in [4.69, 9.17) is 9.15 Å². The minimum absolute atomic E-state index is 0.0530. The molecule has 0 fully saturated rings. The molecule has 1 aromatic carbocycles. The van der Waals surface area contributed by atoms with Crippen molar-refractivity contribution in [2.45, 2.75) is 19.8 Å². The molecular formula is C17H19NO6. The van der Waals surface area contributed by atoms with Gasteiger partial charge in [0, 0.05) is 25.1 Å². The maximum Gasteiger partial charge on any atom is 0.349 e. The molecule has 1 amide bonds. The lowest BCUT2D eigenvalue weighted by Gasteiger charge is -2.06. The normalized spacial score (nSPS) is 10.6. The van der Waals surface area contributed by atoms with E-state index in [0.29, 0.717) is 11.9 Å². The summed E-state index contributed by atoms with van der Waals surface area (Å²) < 4.78 is 14.9. The number of hydrogen-bond donors (Lipinski definition) is 1. The van der Waals surface area contributed by atoms with Crippen LogP contribution in [0.4, 0.5) is 0 Å². The molecule has 24 heavy (non-hydrogen) atoms. The molecule has 128 valence electrons. The van der Waals surface area contributed by atoms with E-state index in [2.05, 4.69) is 10.1 Å². The number of fused-ring (bicyclic) bond motifs is 1. The molecule has 1 heterocycles. The number of ether oxygens (including phenoxy) is 2. The minimum Gasteiger partial charge on any atom is -0.425 e. The molecule has 0 aliphatic rings. The Morgan fingerprint density at radius 1 is 1.25 bits per heavy atom. The number of esters is 1. The summed E-state index contributed by atoms with van der Waals surface area (Å²) in [6.07, 6.45) is 1.78. The third kappa shape index (κ3) is 4.42. The lowest BCUT2D eigenvalue weighted by Crippen LogP contribution is -2.28. The van der Waals surface area contributed by atoms with Crippen LogP contribution in [0.15, 0.2) is 33.5 Å². The average Bonchev–Trinajstić information content (AvgIpc) is 2.54. The molecule has 7 nitrogen and oxygen atoms in total. The summed E-state index contributed by atoms with van der Waals surface area (Å²) in [5.74, 6) is -0.798. The van der Waals surface area contributed by atoms with Gasteiger partial charge in [-0.25, -0.2) is 9.59 Å². The van der Waals surface area contributed by atoms with Crippen molar-refractivity contribution in [3.05, 3.63) is 40.2 Å². The number of benzene rings is 1. The second-order valence-corrected chi connectivity index (χ2v) is 5.16. The highest BCUT2D eigenvalue weighted by molar-refractivity contribution is 5.96. The standard InChI is InChI=1S/C17H19NO6/c1-3-4-7-18-16(20)13-8-11-5-6-12(23-15(19)10-22-2)9-14(11)24-17(13)21/h5-6,8-9H,3-4,7,10H2,1-2H3,(H,18,20). The Kier molecular flexibility index (Phi) is 6.08. The molecule has 0 radical (unpaired) electrons. The fourth-order valence-corrected chi connectivity index (χ4v) is 2.07. The van der Waals surface area contributed by atoms with Crippen molar-refractivity contribution < 1.29 is 23.5 Å². The van der Waals surface area contributed by atoms with E-state index in [1.165, 1.54) is 19.2 Å². The van der Waals surface area contributed by atoms with E-state index >= 15 is 0 Å². The predicted molar refractivity (Wildman–Crippen MR) is 87.2 cm³/mol. The zero-order valence-corrected chi connectivity index (χ0v) is 13.6. The smallest absolute Gasteiger partial charge is 0.349 e. The van der Waals surface area contributed by atoms with Crippen LogP contribution in [-0.4, -0.2) is 32.1 Å². The first-order chi connectivity index (χ1) is 11.5. The van der Waals surface area contributed by atoms with Crippen LogP contribution in [0.2, 0.25) is 0 Å². The van der Waals surface area contributed by atoms with E-state index in [1.807, 2.05) is 6.92 Å². The molecule has 1 N–H and O–H groups in total. The Morgan fingerprint density at radius 3 is 2.75 bits per heavy atom. The van der Waals surface area contributed by atoms with Gasteiger partial charge in [0.15, 0.2) is 0 Å². The zero-order chi connectivity index (χ0) is 17.5. The van der Waals surface area contributed by atoms with Crippen LogP contribution in [0.25, 0.3) is 11.0 Å². The van der Waals surface area contributed by atoms with Crippen LogP contribution in [0.1, 0.15) is 30.1 Å². The van der Waals surface area contributed by atoms with E-state index in [9.17, 15) is 14.4 Å². The molecule has 0 spiro atoms. The number of carbonyl (C=O) groups is 2. The van der Waals surface area contributed by atoms with Gasteiger partial charge in [-0.1, -0.05) is 13.3 Å². The summed E-state index contributed by atoms with van der Waals surface area (Å²) in [6, 6.07) is 6.04. The molecule has 0 saturated carbocycles. The van der Waals surface area contributed by atoms with Gasteiger partial charge >= 0.3 is 11.6 Å². The average molecular weight is 333 g/mol. The number of hydrogen-bond acceptors (Lipinski definition) is 6. The molecule has 0 unspecified atom stereocenters. The van der Waals surface area contributed by atoms with Crippen LogP contribution in [-0.2, 0) is 9.53 Å². The fraction of sp³-hybridized carbons (Fsp3) is 0.353. The number of methoxy groups -OCH3 is 1. The highest BCUT2D eigenvalue weighted by atomic mass is 16.6. The predicted octanol–water partition coefficient (Wildman–Crippen LogP) is 1.87. The molecular weight excluding hydrogens is 314 g/mol. The van der Waals surface area contributed by atoms with E-state index < -0.39 is 17.5 Å². The summed E-state index contributed by atoms with van der Waals surface area (Å²) in [6.45, 7) is 2.33. The number of carbonyl (C=O) groups excluding carboxylic acids is 2. The zero-order valence-electron chi connectivity index (χ0n) is 13.6. The monoisotopic (exact) mass is 333 g/mol. The quantitative estimate of drug-likeness (QED) is 0.360. The van der Waals surface area contributed by atoms with E-state index in [0.717, 1.165) is 12.8 Å². The molecule has 0 bridgehead atoms. The highest BCUT2D eigenvalue weighted by Crippen LogP contribution is 2.20. The van der Waals surface area contributed by atoms with Crippen LogP contribution in [0.3, 0.4) is 0 Å². The first-order valence-electron chi connectivity index (χ1n) is 7.61. The van der Waals surface area contributed by atoms with Crippen molar-refractivity contribution >= 4 is 22.8 Å². The summed E-state index contributed by atoms with van der Waals surface area (Å²) in [7, 11) is 1.38. The molecule has 0 aliphatic heterocycles. The Labute approximate surface area is 138 Å². The van der Waals surface area contributed by atoms with E-state index in [1.54, 1.807) is 12.1 Å². The number of amides is 1. The minimum atomic E-state index is -0.739. The van der Waals surface area contributed by atoms with Gasteiger partial charge in [-0.15, -0.1) is 0 Å². The van der Waals surface area contributed by atoms with Crippen LogP contribution in [0.5, 0.6) is 5.75 Å². The molecule has 1 aromatic heterocycles. The Balaban J connectivity index is 2.24. The topological polar surface area (TPSA) is 94.8 Å². The molecule has 0 atom stereocenters. The maximum absolute atomic E-state index is 12.0. The van der Waals surface area contributed by atoms with Crippen LogP contribution in [0, 0.1) is 0 Å². The molecule has 2 aromatic rings. The van der Waals surface area contributed by atoms with Gasteiger partial charge in [0.1, 0.15) is 23.5 Å². The first kappa shape index (κ1) is 17.7. The Bertz CT molecular complexity index is 795. The van der Waals surface area contributed by atoms with Gasteiger partial charge in [0.05, 0.1) is 0 Å². The van der Waals surface area contributed by atoms with Gasteiger partial charge in [0.2, 0.25) is 0 Å². The summed E-state index contributed by atoms with van der Waals surface area (Å²) >= 11 is 0. The van der Waals surface area contributed by atoms with Gasteiger partial charge < -0.3 is 19.2 Å². The van der Waals surface area contributed by atoms with Gasteiger partial charge in [-0.05, 0) is 24.6 Å². The fourth-order valence-electron chi connectivity index (χ4n) is 2.07. The summed E-state index contributed by atoms with van der Waals surface area (Å²) in [5, 5.41) is 3.23. The molecule has 2 rings (SSSR count). The number of nitrogens with one attached hydrogen (secondary N) is 1. The SMILES string of the molecule is CCCCNC(=O)c1cc2ccc(OC(=O)COC)cc2oc1=O. The third-order valence-corrected chi connectivity index (χ3v) is 3.26. The van der Waals surface area contributed by atoms with Crippen molar-refractivity contribution in [2.75, 3.05) is 20.3 Å². The van der Waals surface area contributed by atoms with Crippen molar-refractivity contribution in [3.8, 4) is 5.75 Å². The van der Waals surface area contributed by atoms with Gasteiger partial charge in [-0.2, -0.15) is 0 Å². The largest absolute Gasteiger partial charge is 0.425 e. The lowest BCUT2D eigenvalue weighted by molar-refractivity contribution is -0.138. The molecule has 0 saturated heterocycles. The molecule has 7 heteroatoms. The van der Waals surface area contributed by atoms with Crippen LogP contribution < -0.4 is 15.7 Å². The maximum atomic E-state index is 12.0. The third-order valence-electron chi connectivity index (χ3n) is 3.26. The number of unbranched alkanes of at least 4 members (excludes halogenated alkanes) is 1. The summed E-state index contributed by atoms with van der Waals surface area (Å²) in [4.78, 5) is 35.4. The molecule has 0 aliphatic carbocycles. The van der Waals surface area contributed by atoms with Crippen molar-refractivity contribution in [2.24, 2.45) is 0 Å². The second kappa shape index (κ2) is 8.26. The first-order valence-corrected chi connectivity index (χ1v) is 7.61. The number of rotatable bonds is 7. The van der Waals surface area contributed by atoms with Crippen LogP contribution >= 0.6 is 0 Å².